The van der Waals surface area contributed by atoms with Crippen molar-refractivity contribution in [3.05, 3.63) is 65.2 Å². The van der Waals surface area contributed by atoms with Crippen LogP contribution in [-0.2, 0) is 19.9 Å². The summed E-state index contributed by atoms with van der Waals surface area (Å²) in [6.07, 6.45) is 3.14. The minimum Gasteiger partial charge on any atom is -0.486 e. The Kier molecular flexibility index (Phi) is 5.21. The zero-order valence-corrected chi connectivity index (χ0v) is 20.0. The number of aryl methyl sites for hydroxylation is 2. The molecule has 5 nitrogen and oxygen atoms in total. The van der Waals surface area contributed by atoms with E-state index in [0.717, 1.165) is 71.4 Å². The van der Waals surface area contributed by atoms with Crippen LogP contribution >= 0.6 is 0 Å². The average Bonchev–Trinajstić information content (AvgIpc) is 3.09. The van der Waals surface area contributed by atoms with Crippen molar-refractivity contribution in [2.45, 2.75) is 32.3 Å². The van der Waals surface area contributed by atoms with E-state index in [0.29, 0.717) is 12.5 Å². The summed E-state index contributed by atoms with van der Waals surface area (Å²) >= 11 is 0. The summed E-state index contributed by atoms with van der Waals surface area (Å²) in [5.41, 5.74) is 5.73. The molecule has 1 aliphatic carbocycles. The van der Waals surface area contributed by atoms with Crippen LogP contribution in [0.1, 0.15) is 23.4 Å². The number of ether oxygens (including phenoxy) is 2. The lowest BCUT2D eigenvalue weighted by molar-refractivity contribution is 0.0627. The molecule has 6 rings (SSSR count). The molecule has 0 amide bonds. The maximum Gasteiger partial charge on any atom is 0.171 e. The van der Waals surface area contributed by atoms with Gasteiger partial charge in [0.25, 0.3) is 0 Å². The molecule has 0 fully saturated rings. The third kappa shape index (κ3) is 3.70. The fraction of sp³-hybridized carbons (Fsp3) is 0.393. The molecule has 4 aromatic rings. The molecule has 0 radical (unpaired) electrons. The van der Waals surface area contributed by atoms with Crippen LogP contribution in [0, 0.1) is 18.7 Å². The van der Waals surface area contributed by atoms with Gasteiger partial charge in [0.05, 0.1) is 5.52 Å². The van der Waals surface area contributed by atoms with Gasteiger partial charge in [0.15, 0.2) is 11.5 Å². The molecule has 0 spiro atoms. The Morgan fingerprint density at radius 2 is 2.00 bits per heavy atom. The second-order valence-corrected chi connectivity index (χ2v) is 9.94. The van der Waals surface area contributed by atoms with Crippen LogP contribution < -0.4 is 9.47 Å². The minimum absolute atomic E-state index is 0.0322. The summed E-state index contributed by atoms with van der Waals surface area (Å²) in [6.45, 7) is 4.31. The Bertz CT molecular complexity index is 1400. The molecule has 2 aromatic carbocycles. The Hall–Kier alpha value is -3.12. The van der Waals surface area contributed by atoms with Gasteiger partial charge in [-0.2, -0.15) is 0 Å². The minimum atomic E-state index is -0.159. The number of pyridine rings is 1. The zero-order chi connectivity index (χ0) is 23.4. The Balaban J connectivity index is 1.15. The van der Waals surface area contributed by atoms with Gasteiger partial charge < -0.3 is 18.9 Å². The Morgan fingerprint density at radius 1 is 1.12 bits per heavy atom. The van der Waals surface area contributed by atoms with Gasteiger partial charge in [-0.05, 0) is 87.2 Å². The second kappa shape index (κ2) is 8.27. The molecule has 1 aliphatic heterocycles. The second-order valence-electron chi connectivity index (χ2n) is 9.94. The van der Waals surface area contributed by atoms with Crippen LogP contribution in [0.25, 0.3) is 21.8 Å². The third-order valence-corrected chi connectivity index (χ3v) is 7.40. The number of hydrogen-bond acceptors (Lipinski definition) is 4. The molecule has 2 atom stereocenters. The zero-order valence-electron chi connectivity index (χ0n) is 20.0. The van der Waals surface area contributed by atoms with E-state index >= 15 is 0 Å². The molecule has 0 bridgehead atoms. The SMILES string of the molecule is Cc1ccc2c3c(ccc2n1)OC[C@H](CN(C)C[C@H]1CCc2c(c4cc(F)ccc4n2C)C1)O3. The van der Waals surface area contributed by atoms with Crippen molar-refractivity contribution in [3.63, 3.8) is 0 Å². The number of rotatable bonds is 4. The lowest BCUT2D eigenvalue weighted by Gasteiger charge is -2.32. The summed E-state index contributed by atoms with van der Waals surface area (Å²) in [5.74, 6) is 1.97. The number of fused-ring (bicyclic) bond motifs is 6. The quantitative estimate of drug-likeness (QED) is 0.428. The van der Waals surface area contributed by atoms with Crippen molar-refractivity contribution in [2.75, 3.05) is 26.7 Å². The highest BCUT2D eigenvalue weighted by atomic mass is 19.1. The molecule has 2 aliphatic rings. The van der Waals surface area contributed by atoms with Gasteiger partial charge in [-0.3, -0.25) is 4.98 Å². The van der Waals surface area contributed by atoms with Gasteiger partial charge in [0.1, 0.15) is 18.5 Å². The third-order valence-electron chi connectivity index (χ3n) is 7.40. The molecule has 0 N–H and O–H groups in total. The summed E-state index contributed by atoms with van der Waals surface area (Å²) < 4.78 is 28.7. The first-order valence-electron chi connectivity index (χ1n) is 12.1. The monoisotopic (exact) mass is 459 g/mol. The molecule has 0 saturated carbocycles. The van der Waals surface area contributed by atoms with Gasteiger partial charge in [-0.25, -0.2) is 4.39 Å². The molecule has 2 aromatic heterocycles. The van der Waals surface area contributed by atoms with Crippen molar-refractivity contribution in [3.8, 4) is 11.5 Å². The highest BCUT2D eigenvalue weighted by Gasteiger charge is 2.28. The van der Waals surface area contributed by atoms with Gasteiger partial charge in [-0.1, -0.05) is 0 Å². The molecule has 3 heterocycles. The largest absolute Gasteiger partial charge is 0.486 e. The van der Waals surface area contributed by atoms with E-state index in [1.54, 1.807) is 12.1 Å². The van der Waals surface area contributed by atoms with E-state index < -0.39 is 0 Å². The smallest absolute Gasteiger partial charge is 0.171 e. The maximum absolute atomic E-state index is 14.0. The number of nitrogens with zero attached hydrogens (tertiary/aromatic N) is 3. The fourth-order valence-corrected chi connectivity index (χ4v) is 5.81. The highest BCUT2D eigenvalue weighted by Crippen LogP contribution is 2.39. The predicted molar refractivity (Wildman–Crippen MR) is 132 cm³/mol. The lowest BCUT2D eigenvalue weighted by Crippen LogP contribution is -2.41. The molecular formula is C28H30FN3O2. The Morgan fingerprint density at radius 3 is 2.88 bits per heavy atom. The Labute approximate surface area is 199 Å². The van der Waals surface area contributed by atoms with E-state index in [1.807, 2.05) is 31.2 Å². The molecule has 34 heavy (non-hydrogen) atoms. The molecule has 6 heteroatoms. The highest BCUT2D eigenvalue weighted by molar-refractivity contribution is 5.88. The molecule has 0 saturated heterocycles. The summed E-state index contributed by atoms with van der Waals surface area (Å²) in [5, 5.41) is 2.07. The normalized spacial score (nSPS) is 19.7. The van der Waals surface area contributed by atoms with Crippen molar-refractivity contribution in [2.24, 2.45) is 13.0 Å². The first-order chi connectivity index (χ1) is 16.5. The van der Waals surface area contributed by atoms with E-state index in [9.17, 15) is 4.39 Å². The van der Waals surface area contributed by atoms with Crippen molar-refractivity contribution < 1.29 is 13.9 Å². The van der Waals surface area contributed by atoms with Crippen LogP contribution in [0.15, 0.2) is 42.5 Å². The summed E-state index contributed by atoms with van der Waals surface area (Å²) in [7, 11) is 4.26. The van der Waals surface area contributed by atoms with Crippen molar-refractivity contribution >= 4 is 21.8 Å². The van der Waals surface area contributed by atoms with Crippen molar-refractivity contribution in [1.82, 2.24) is 14.5 Å². The van der Waals surface area contributed by atoms with Crippen LogP contribution in [0.5, 0.6) is 11.5 Å². The first kappa shape index (κ1) is 21.4. The topological polar surface area (TPSA) is 39.5 Å². The lowest BCUT2D eigenvalue weighted by atomic mass is 9.86. The van der Waals surface area contributed by atoms with Crippen LogP contribution in [0.3, 0.4) is 0 Å². The number of benzene rings is 2. The average molecular weight is 460 g/mol. The van der Waals surface area contributed by atoms with Crippen LogP contribution in [-0.4, -0.2) is 47.3 Å². The number of halogens is 1. The van der Waals surface area contributed by atoms with Crippen molar-refractivity contribution in [1.29, 1.82) is 0 Å². The maximum atomic E-state index is 14.0. The van der Waals surface area contributed by atoms with Gasteiger partial charge >= 0.3 is 0 Å². The van der Waals surface area contributed by atoms with Crippen LogP contribution in [0.4, 0.5) is 4.39 Å². The number of aromatic nitrogens is 2. The summed E-state index contributed by atoms with van der Waals surface area (Å²) in [4.78, 5) is 6.98. The molecule has 176 valence electrons. The first-order valence-corrected chi connectivity index (χ1v) is 12.1. The van der Waals surface area contributed by atoms with Crippen LogP contribution in [0.2, 0.25) is 0 Å². The standard InChI is InChI=1S/C28H30FN3O2/c1-17-4-7-21-24(30-17)8-11-27-28(21)34-20(16-33-27)15-31(2)14-18-5-9-25-22(12-18)23-13-19(29)6-10-26(23)32(25)3/h4,6-8,10-11,13,18,20H,5,9,12,14-16H2,1-3H3/t18-,20-/m0/s1. The van der Waals surface area contributed by atoms with Gasteiger partial charge in [0, 0.05) is 47.8 Å². The van der Waals surface area contributed by atoms with E-state index in [-0.39, 0.29) is 11.9 Å². The fourth-order valence-electron chi connectivity index (χ4n) is 5.81. The van der Waals surface area contributed by atoms with E-state index in [4.69, 9.17) is 9.47 Å². The molecular weight excluding hydrogens is 429 g/mol. The van der Waals surface area contributed by atoms with Gasteiger partial charge in [-0.15, -0.1) is 0 Å². The van der Waals surface area contributed by atoms with Gasteiger partial charge in [0.2, 0.25) is 0 Å². The summed E-state index contributed by atoms with van der Waals surface area (Å²) in [6, 6.07) is 13.2. The predicted octanol–water partition coefficient (Wildman–Crippen LogP) is 5.05. The number of likely N-dealkylation sites (N-methyl/N-ethyl adjacent to an activating group) is 1. The molecule has 0 unspecified atom stereocenters. The number of hydrogen-bond donors (Lipinski definition) is 0. The van der Waals surface area contributed by atoms with E-state index in [1.165, 1.54) is 11.3 Å². The van der Waals surface area contributed by atoms with E-state index in [2.05, 4.69) is 34.6 Å².